The van der Waals surface area contributed by atoms with Gasteiger partial charge in [0.1, 0.15) is 0 Å². The maximum absolute atomic E-state index is 2.97. The third-order valence-electron chi connectivity index (χ3n) is 20.2. The van der Waals surface area contributed by atoms with Crippen LogP contribution < -0.4 is 57.3 Å². The zero-order valence-electron chi connectivity index (χ0n) is 48.3. The van der Waals surface area contributed by atoms with Gasteiger partial charge in [0.25, 0.3) is 13.4 Å². The fourth-order valence-electron chi connectivity index (χ4n) is 16.7. The lowest BCUT2D eigenvalue weighted by Crippen LogP contribution is -2.65. The van der Waals surface area contributed by atoms with Gasteiger partial charge in [0.15, 0.2) is 0 Å². The molecule has 18 rings (SSSR count). The molecule has 12 aromatic rings. The van der Waals surface area contributed by atoms with Crippen molar-refractivity contribution in [2.75, 3.05) is 24.5 Å². The van der Waals surface area contributed by atoms with Crippen LogP contribution in [0.2, 0.25) is 0 Å². The highest BCUT2D eigenvalue weighted by molar-refractivity contribution is 7.03. The molecule has 0 unspecified atom stereocenters. The Bertz CT molecular complexity index is 4540. The van der Waals surface area contributed by atoms with Crippen molar-refractivity contribution in [1.82, 2.24) is 4.57 Å². The van der Waals surface area contributed by atoms with E-state index in [0.29, 0.717) is 12.1 Å². The van der Waals surface area contributed by atoms with E-state index < -0.39 is 0 Å². The highest BCUT2D eigenvalue weighted by Crippen LogP contribution is 2.51. The van der Waals surface area contributed by atoms with Gasteiger partial charge in [-0.05, 0) is 162 Å². The number of hydrogen-bond acceptors (Lipinski definition) is 5. The summed E-state index contributed by atoms with van der Waals surface area (Å²) < 4.78 is 2.51. The zero-order valence-corrected chi connectivity index (χ0v) is 48.3. The third-order valence-corrected chi connectivity index (χ3v) is 20.2. The summed E-state index contributed by atoms with van der Waals surface area (Å²) in [6.07, 6.45) is 12.8. The first-order valence-corrected chi connectivity index (χ1v) is 31.6. The second-order valence-corrected chi connectivity index (χ2v) is 24.8. The minimum absolute atomic E-state index is 0.0633. The van der Waals surface area contributed by atoms with Gasteiger partial charge in [-0.3, -0.25) is 0 Å². The number of para-hydroxylation sites is 8. The Morgan fingerprint density at radius 2 is 0.628 bits per heavy atom. The molecule has 0 radical (unpaired) electrons. The van der Waals surface area contributed by atoms with Gasteiger partial charge in [-0.2, -0.15) is 0 Å². The lowest BCUT2D eigenvalue weighted by molar-refractivity contribution is 0.340. The summed E-state index contributed by atoms with van der Waals surface area (Å²) in [5, 5.41) is 2.50. The standard InChI is InChI=1S/C78H64B2N6/c1-7-27-53(28-8-1)81(54-29-9-2-10-30-54)59-47-73-77-75(48-59)84(57-35-15-5-16-36-57)71-52-72-66(51-65(71)79(77)63-41-21-25-45-69(63)82(73)55-31-11-3-12-32-55)80-64-42-22-26-46-70(64)83(56-33-13-4-14-34-56)74-49-60(50-76(78(74)80)85(72)58-37-17-6-18-38-58)86-67-43-23-19-39-61(67)62-40-20-24-44-68(62)86/h3-6,11-26,31-54H,1-2,7-10,27-30H2. The quantitative estimate of drug-likeness (QED) is 0.141. The molecule has 2 fully saturated rings. The number of fused-ring (bicyclic) bond motifs is 11. The number of nitrogens with zero attached hydrogens (tertiary/aromatic N) is 6. The van der Waals surface area contributed by atoms with Crippen LogP contribution in [0.4, 0.5) is 73.9 Å². The normalized spacial score (nSPS) is 15.9. The molecular weight excluding hydrogens is 1040 g/mol. The first-order chi connectivity index (χ1) is 42.7. The summed E-state index contributed by atoms with van der Waals surface area (Å²) in [5.41, 5.74) is 27.2. The van der Waals surface area contributed by atoms with Crippen molar-refractivity contribution < 1.29 is 0 Å². The molecule has 2 aliphatic carbocycles. The van der Waals surface area contributed by atoms with Crippen LogP contribution in [-0.2, 0) is 0 Å². The molecule has 6 aliphatic rings. The van der Waals surface area contributed by atoms with Crippen molar-refractivity contribution in [3.63, 3.8) is 0 Å². The molecule has 0 saturated heterocycles. The molecule has 8 heteroatoms. The number of aromatic nitrogens is 1. The van der Waals surface area contributed by atoms with Gasteiger partial charge < -0.3 is 29.1 Å². The molecule has 0 N–H and O–H groups in total. The predicted octanol–water partition coefficient (Wildman–Crippen LogP) is 16.4. The molecule has 1 aromatic heterocycles. The van der Waals surface area contributed by atoms with Crippen molar-refractivity contribution >= 4 is 142 Å². The van der Waals surface area contributed by atoms with Gasteiger partial charge in [0.05, 0.1) is 16.7 Å². The minimum Gasteiger partial charge on any atom is -0.365 e. The lowest BCUT2D eigenvalue weighted by atomic mass is 9.30. The third kappa shape index (κ3) is 7.54. The second kappa shape index (κ2) is 20.0. The predicted molar refractivity (Wildman–Crippen MR) is 365 cm³/mol. The van der Waals surface area contributed by atoms with Crippen molar-refractivity contribution in [3.05, 3.63) is 255 Å². The summed E-state index contributed by atoms with van der Waals surface area (Å²) in [5.74, 6) is 0. The summed E-state index contributed by atoms with van der Waals surface area (Å²) in [7, 11) is 0. The van der Waals surface area contributed by atoms with E-state index in [1.54, 1.807) is 0 Å². The number of rotatable bonds is 8. The van der Waals surface area contributed by atoms with Crippen LogP contribution in [0, 0.1) is 0 Å². The molecule has 11 aromatic carbocycles. The van der Waals surface area contributed by atoms with E-state index in [1.165, 1.54) is 181 Å². The zero-order chi connectivity index (χ0) is 56.4. The largest absolute Gasteiger partial charge is 0.365 e. The van der Waals surface area contributed by atoms with Gasteiger partial charge in [-0.25, -0.2) is 0 Å². The average Bonchev–Trinajstić information content (AvgIpc) is 0.769. The van der Waals surface area contributed by atoms with Gasteiger partial charge >= 0.3 is 0 Å². The molecular formula is C78H64B2N6. The maximum atomic E-state index is 2.97. The van der Waals surface area contributed by atoms with E-state index in [1.807, 2.05) is 0 Å². The Kier molecular flexibility index (Phi) is 11.6. The van der Waals surface area contributed by atoms with Gasteiger partial charge in [-0.15, -0.1) is 0 Å². The van der Waals surface area contributed by atoms with Crippen LogP contribution >= 0.6 is 0 Å². The molecule has 4 aliphatic heterocycles. The van der Waals surface area contributed by atoms with Crippen LogP contribution in [0.5, 0.6) is 0 Å². The topological polar surface area (TPSA) is 21.1 Å². The molecule has 86 heavy (non-hydrogen) atoms. The van der Waals surface area contributed by atoms with Gasteiger partial charge in [0, 0.05) is 96.8 Å². The molecule has 0 atom stereocenters. The summed E-state index contributed by atoms with van der Waals surface area (Å²) in [6, 6.07) is 98.0. The van der Waals surface area contributed by atoms with E-state index in [-0.39, 0.29) is 13.4 Å². The van der Waals surface area contributed by atoms with Crippen molar-refractivity contribution in [2.45, 2.75) is 76.3 Å². The monoisotopic (exact) mass is 1110 g/mol. The molecule has 0 amide bonds. The van der Waals surface area contributed by atoms with Crippen molar-refractivity contribution in [3.8, 4) is 5.69 Å². The molecule has 0 spiro atoms. The van der Waals surface area contributed by atoms with E-state index in [2.05, 4.69) is 284 Å². The molecule has 0 bridgehead atoms. The Morgan fingerprint density at radius 3 is 1.05 bits per heavy atom. The van der Waals surface area contributed by atoms with Crippen molar-refractivity contribution in [1.29, 1.82) is 0 Å². The van der Waals surface area contributed by atoms with E-state index in [4.69, 9.17) is 0 Å². The SMILES string of the molecule is c1ccc(N2c3ccccc3B3c4cc5c(cc4N(c4ccccc4)c4cc(N(C6CCCCC6)C6CCCCC6)cc2c43)N(c2ccccc2)c2cc(-n3c4ccccc4c4ccccc43)cc3c2B5c2ccccc2N3c2ccccc2)cc1. The van der Waals surface area contributed by atoms with E-state index in [9.17, 15) is 0 Å². The molecule has 6 nitrogen and oxygen atoms in total. The summed E-state index contributed by atoms with van der Waals surface area (Å²) in [6.45, 7) is -0.164. The Balaban J connectivity index is 0.956. The minimum atomic E-state index is -0.101. The summed E-state index contributed by atoms with van der Waals surface area (Å²) in [4.78, 5) is 13.4. The summed E-state index contributed by atoms with van der Waals surface area (Å²) >= 11 is 0. The van der Waals surface area contributed by atoms with Crippen LogP contribution in [0.3, 0.4) is 0 Å². The number of benzene rings is 11. The number of anilines is 13. The molecule has 2 saturated carbocycles. The van der Waals surface area contributed by atoms with Crippen LogP contribution in [0.15, 0.2) is 255 Å². The fourth-order valence-corrected chi connectivity index (χ4v) is 16.7. The Hall–Kier alpha value is -9.65. The maximum Gasteiger partial charge on any atom is 0.252 e. The Labute approximate surface area is 505 Å². The van der Waals surface area contributed by atoms with E-state index >= 15 is 0 Å². The van der Waals surface area contributed by atoms with Gasteiger partial charge in [0.2, 0.25) is 0 Å². The smallest absolute Gasteiger partial charge is 0.252 e. The molecule has 5 heterocycles. The Morgan fingerprint density at radius 1 is 0.279 bits per heavy atom. The molecule has 412 valence electrons. The van der Waals surface area contributed by atoms with Gasteiger partial charge in [-0.1, -0.05) is 190 Å². The van der Waals surface area contributed by atoms with E-state index in [0.717, 1.165) is 17.1 Å². The first-order valence-electron chi connectivity index (χ1n) is 31.6. The van der Waals surface area contributed by atoms with Crippen LogP contribution in [0.1, 0.15) is 64.2 Å². The highest BCUT2D eigenvalue weighted by Gasteiger charge is 2.49. The van der Waals surface area contributed by atoms with Crippen molar-refractivity contribution in [2.24, 2.45) is 0 Å². The average molecular weight is 1110 g/mol. The van der Waals surface area contributed by atoms with Crippen LogP contribution in [0.25, 0.3) is 27.5 Å². The van der Waals surface area contributed by atoms with Crippen LogP contribution in [-0.4, -0.2) is 30.1 Å². The lowest BCUT2D eigenvalue weighted by Gasteiger charge is -2.48. The highest BCUT2D eigenvalue weighted by atomic mass is 15.2. The second-order valence-electron chi connectivity index (χ2n) is 24.8. The first kappa shape index (κ1) is 49.7. The number of hydrogen-bond donors (Lipinski definition) is 0. The fraction of sp³-hybridized carbons (Fsp3) is 0.154.